The first-order chi connectivity index (χ1) is 9.60. The Morgan fingerprint density at radius 2 is 2.20 bits per heavy atom. The molecule has 2 N–H and O–H groups in total. The third-order valence-electron chi connectivity index (χ3n) is 4.32. The van der Waals surface area contributed by atoms with E-state index in [0.717, 1.165) is 36.3 Å². The summed E-state index contributed by atoms with van der Waals surface area (Å²) >= 11 is 0. The molecular weight excluding hydrogens is 252 g/mol. The Kier molecular flexibility index (Phi) is 3.30. The van der Waals surface area contributed by atoms with Crippen molar-refractivity contribution >= 4 is 17.0 Å². The van der Waals surface area contributed by atoms with Crippen LogP contribution in [0.5, 0.6) is 5.75 Å². The quantitative estimate of drug-likeness (QED) is 0.911. The van der Waals surface area contributed by atoms with Gasteiger partial charge in [0.05, 0.1) is 18.1 Å². The molecule has 1 aromatic carbocycles. The van der Waals surface area contributed by atoms with Gasteiger partial charge in [-0.1, -0.05) is 6.92 Å². The summed E-state index contributed by atoms with van der Waals surface area (Å²) in [6, 6.07) is 6.34. The topological polar surface area (TPSA) is 56.3 Å². The highest BCUT2D eigenvalue weighted by molar-refractivity contribution is 5.80. The summed E-state index contributed by atoms with van der Waals surface area (Å²) in [5, 5.41) is 0. The van der Waals surface area contributed by atoms with Gasteiger partial charge in [-0.25, -0.2) is 4.98 Å². The second-order valence-electron chi connectivity index (χ2n) is 5.79. The zero-order chi connectivity index (χ0) is 14.3. The summed E-state index contributed by atoms with van der Waals surface area (Å²) < 4.78 is 7.52. The molecule has 1 aliphatic heterocycles. The average molecular weight is 274 g/mol. The maximum atomic E-state index is 6.17. The van der Waals surface area contributed by atoms with Crippen molar-refractivity contribution in [2.75, 3.05) is 33.0 Å². The van der Waals surface area contributed by atoms with Crippen molar-refractivity contribution < 1.29 is 4.74 Å². The number of hydrogen-bond donors (Lipinski definition) is 1. The molecule has 2 unspecified atom stereocenters. The highest BCUT2D eigenvalue weighted by Crippen LogP contribution is 2.34. The lowest BCUT2D eigenvalue weighted by Gasteiger charge is -2.36. The zero-order valence-corrected chi connectivity index (χ0v) is 12.3. The standard InChI is InChI=1S/C15H22N4O/c1-10-9-18(2)7-6-13(10)19-14-8-11(20-3)4-5-12(14)17-15(19)16/h4-5,8,10,13H,6-7,9H2,1-3H3,(H2,16,17). The molecule has 1 aliphatic rings. The van der Waals surface area contributed by atoms with E-state index in [2.05, 4.69) is 28.4 Å². The number of aromatic nitrogens is 2. The maximum Gasteiger partial charge on any atom is 0.201 e. The highest BCUT2D eigenvalue weighted by Gasteiger charge is 2.28. The number of fused-ring (bicyclic) bond motifs is 1. The third kappa shape index (κ3) is 2.12. The normalized spacial score (nSPS) is 24.1. The van der Waals surface area contributed by atoms with Crippen LogP contribution < -0.4 is 10.5 Å². The minimum atomic E-state index is 0.406. The molecule has 2 atom stereocenters. The third-order valence-corrected chi connectivity index (χ3v) is 4.32. The number of nitrogens with zero attached hydrogens (tertiary/aromatic N) is 3. The van der Waals surface area contributed by atoms with Crippen LogP contribution in [-0.4, -0.2) is 41.7 Å². The SMILES string of the molecule is COc1ccc2nc(N)n(C3CCN(C)CC3C)c2c1. The molecule has 1 saturated heterocycles. The number of anilines is 1. The van der Waals surface area contributed by atoms with Crippen LogP contribution in [0.15, 0.2) is 18.2 Å². The number of likely N-dealkylation sites (tertiary alicyclic amines) is 1. The molecule has 2 aromatic rings. The van der Waals surface area contributed by atoms with Crippen molar-refractivity contribution in [2.24, 2.45) is 5.92 Å². The number of benzene rings is 1. The van der Waals surface area contributed by atoms with Gasteiger partial charge in [-0.15, -0.1) is 0 Å². The molecule has 1 fully saturated rings. The molecule has 0 amide bonds. The van der Waals surface area contributed by atoms with Crippen LogP contribution in [0.1, 0.15) is 19.4 Å². The van der Waals surface area contributed by atoms with E-state index in [9.17, 15) is 0 Å². The van der Waals surface area contributed by atoms with Crippen molar-refractivity contribution in [1.82, 2.24) is 14.5 Å². The lowest BCUT2D eigenvalue weighted by atomic mass is 9.94. The fourth-order valence-corrected chi connectivity index (χ4v) is 3.29. The Morgan fingerprint density at radius 3 is 2.90 bits per heavy atom. The first kappa shape index (κ1) is 13.2. The first-order valence-corrected chi connectivity index (χ1v) is 7.10. The van der Waals surface area contributed by atoms with Crippen molar-refractivity contribution in [3.8, 4) is 5.75 Å². The van der Waals surface area contributed by atoms with Gasteiger partial charge in [0.15, 0.2) is 0 Å². The molecule has 0 spiro atoms. The van der Waals surface area contributed by atoms with Crippen molar-refractivity contribution in [3.63, 3.8) is 0 Å². The van der Waals surface area contributed by atoms with E-state index in [-0.39, 0.29) is 0 Å². The summed E-state index contributed by atoms with van der Waals surface area (Å²) in [5.41, 5.74) is 8.18. The predicted octanol–water partition coefficient (Wildman–Crippen LogP) is 2.14. The Labute approximate surface area is 119 Å². The maximum absolute atomic E-state index is 6.17. The van der Waals surface area contributed by atoms with E-state index in [1.807, 2.05) is 18.2 Å². The smallest absolute Gasteiger partial charge is 0.201 e. The fourth-order valence-electron chi connectivity index (χ4n) is 3.29. The summed E-state index contributed by atoms with van der Waals surface area (Å²) in [6.45, 7) is 4.47. The molecule has 0 aliphatic carbocycles. The first-order valence-electron chi connectivity index (χ1n) is 7.10. The van der Waals surface area contributed by atoms with Gasteiger partial charge in [0.1, 0.15) is 5.75 Å². The number of imidazole rings is 1. The highest BCUT2D eigenvalue weighted by atomic mass is 16.5. The van der Waals surface area contributed by atoms with Gasteiger partial charge in [0, 0.05) is 18.7 Å². The van der Waals surface area contributed by atoms with Crippen LogP contribution in [-0.2, 0) is 0 Å². The van der Waals surface area contributed by atoms with E-state index < -0.39 is 0 Å². The molecule has 0 bridgehead atoms. The Morgan fingerprint density at radius 1 is 1.40 bits per heavy atom. The van der Waals surface area contributed by atoms with Gasteiger partial charge < -0.3 is 19.9 Å². The number of ether oxygens (including phenoxy) is 1. The monoisotopic (exact) mass is 274 g/mol. The van der Waals surface area contributed by atoms with Gasteiger partial charge in [-0.2, -0.15) is 0 Å². The largest absolute Gasteiger partial charge is 0.497 e. The Hall–Kier alpha value is -1.75. The molecule has 3 rings (SSSR count). The van der Waals surface area contributed by atoms with Crippen LogP contribution in [0.4, 0.5) is 5.95 Å². The number of nitrogens with two attached hydrogens (primary N) is 1. The molecule has 2 heterocycles. The van der Waals surface area contributed by atoms with Crippen LogP contribution >= 0.6 is 0 Å². The van der Waals surface area contributed by atoms with Gasteiger partial charge in [-0.05, 0) is 38.1 Å². The molecule has 0 saturated carbocycles. The van der Waals surface area contributed by atoms with E-state index in [1.165, 1.54) is 0 Å². The van der Waals surface area contributed by atoms with Gasteiger partial charge >= 0.3 is 0 Å². The van der Waals surface area contributed by atoms with Crippen LogP contribution in [0.2, 0.25) is 0 Å². The van der Waals surface area contributed by atoms with Crippen molar-refractivity contribution in [3.05, 3.63) is 18.2 Å². The van der Waals surface area contributed by atoms with Crippen molar-refractivity contribution in [1.29, 1.82) is 0 Å². The molecular formula is C15H22N4O. The number of nitrogen functional groups attached to an aromatic ring is 1. The molecule has 20 heavy (non-hydrogen) atoms. The minimum Gasteiger partial charge on any atom is -0.497 e. The van der Waals surface area contributed by atoms with E-state index in [4.69, 9.17) is 10.5 Å². The second-order valence-corrected chi connectivity index (χ2v) is 5.79. The van der Waals surface area contributed by atoms with E-state index in [1.54, 1.807) is 7.11 Å². The molecule has 5 nitrogen and oxygen atoms in total. The van der Waals surface area contributed by atoms with Gasteiger partial charge in [-0.3, -0.25) is 0 Å². The van der Waals surface area contributed by atoms with Crippen LogP contribution in [0.3, 0.4) is 0 Å². The lowest BCUT2D eigenvalue weighted by molar-refractivity contribution is 0.162. The van der Waals surface area contributed by atoms with E-state index in [0.29, 0.717) is 17.9 Å². The summed E-state index contributed by atoms with van der Waals surface area (Å²) in [5.74, 6) is 2.01. The van der Waals surface area contributed by atoms with Crippen molar-refractivity contribution in [2.45, 2.75) is 19.4 Å². The predicted molar refractivity (Wildman–Crippen MR) is 81.0 cm³/mol. The average Bonchev–Trinajstić information content (AvgIpc) is 2.74. The number of rotatable bonds is 2. The molecule has 5 heteroatoms. The second kappa shape index (κ2) is 4.98. The summed E-state index contributed by atoms with van der Waals surface area (Å²) in [4.78, 5) is 6.86. The number of methoxy groups -OCH3 is 1. The lowest BCUT2D eigenvalue weighted by Crippen LogP contribution is -2.38. The zero-order valence-electron chi connectivity index (χ0n) is 12.3. The van der Waals surface area contributed by atoms with E-state index >= 15 is 0 Å². The molecule has 0 radical (unpaired) electrons. The minimum absolute atomic E-state index is 0.406. The van der Waals surface area contributed by atoms with Crippen LogP contribution in [0.25, 0.3) is 11.0 Å². The molecule has 1 aromatic heterocycles. The number of piperidine rings is 1. The summed E-state index contributed by atoms with van der Waals surface area (Å²) in [7, 11) is 3.86. The summed E-state index contributed by atoms with van der Waals surface area (Å²) in [6.07, 6.45) is 1.10. The fraction of sp³-hybridized carbons (Fsp3) is 0.533. The van der Waals surface area contributed by atoms with Crippen LogP contribution in [0, 0.1) is 5.92 Å². The Balaban J connectivity index is 2.07. The van der Waals surface area contributed by atoms with Gasteiger partial charge in [0.2, 0.25) is 5.95 Å². The van der Waals surface area contributed by atoms with Gasteiger partial charge in [0.25, 0.3) is 0 Å². The Bertz CT molecular complexity index is 622. The number of hydrogen-bond acceptors (Lipinski definition) is 4. The molecule has 108 valence electrons.